The van der Waals surface area contributed by atoms with Crippen molar-refractivity contribution in [3.63, 3.8) is 0 Å². The lowest BCUT2D eigenvalue weighted by Gasteiger charge is -2.73. The van der Waals surface area contributed by atoms with E-state index in [0.717, 1.165) is 10.4 Å². The minimum atomic E-state index is -5.79. The fraction of sp³-hybridized carbons (Fsp3) is 0.692. The van der Waals surface area contributed by atoms with Crippen LogP contribution in [-0.4, -0.2) is 65.2 Å². The van der Waals surface area contributed by atoms with Crippen molar-refractivity contribution in [2.45, 2.75) is 101 Å². The second kappa shape index (κ2) is 10.3. The van der Waals surface area contributed by atoms with Crippen molar-refractivity contribution < 1.29 is 48.3 Å². The van der Waals surface area contributed by atoms with Crippen LogP contribution in [0.4, 0.5) is 35.1 Å². The largest absolute Gasteiger partial charge is 0.453 e. The van der Waals surface area contributed by atoms with Gasteiger partial charge >= 0.3 is 12.1 Å². The van der Waals surface area contributed by atoms with Gasteiger partial charge in [0.05, 0.1) is 16.3 Å². The van der Waals surface area contributed by atoms with Crippen molar-refractivity contribution in [3.8, 4) is 0 Å². The summed E-state index contributed by atoms with van der Waals surface area (Å²) in [4.78, 5) is 17.1. The molecule has 16 heteroatoms. The fourth-order valence-electron chi connectivity index (χ4n) is 6.03. The number of carbonyl (C=O) groups excluding carboxylic acids is 1. The molecule has 3 saturated carbocycles. The molecular weight excluding hydrogens is 622 g/mol. The summed E-state index contributed by atoms with van der Waals surface area (Å²) in [6, 6.07) is 2.49. The van der Waals surface area contributed by atoms with Crippen LogP contribution < -0.4 is 5.32 Å². The first kappa shape index (κ1) is 32.9. The second-order valence-electron chi connectivity index (χ2n) is 12.3. The maximum atomic E-state index is 14.1. The molecule has 1 aromatic rings. The zero-order valence-electron chi connectivity index (χ0n) is 22.9. The number of carbonyl (C=O) groups is 1. The molecule has 0 radical (unpaired) electrons. The number of halogens is 9. The van der Waals surface area contributed by atoms with Crippen molar-refractivity contribution in [2.75, 3.05) is 5.75 Å². The van der Waals surface area contributed by atoms with Crippen LogP contribution in [0.25, 0.3) is 0 Å². The molecule has 1 N–H and O–H groups in total. The van der Waals surface area contributed by atoms with Crippen LogP contribution in [-0.2, 0) is 21.4 Å². The molecule has 0 unspecified atom stereocenters. The van der Waals surface area contributed by atoms with Gasteiger partial charge in [0.1, 0.15) is 17.7 Å². The molecule has 2 bridgehead atoms. The Morgan fingerprint density at radius 3 is 2.21 bits per heavy atom. The summed E-state index contributed by atoms with van der Waals surface area (Å²) in [6.45, 7) is 3.39. The minimum absolute atomic E-state index is 0.178. The third-order valence-corrected chi connectivity index (χ3v) is 10.5. The maximum absolute atomic E-state index is 14.1. The summed E-state index contributed by atoms with van der Waals surface area (Å²) in [5.74, 6) is -10.5. The quantitative estimate of drug-likeness (QED) is 0.270. The van der Waals surface area contributed by atoms with Gasteiger partial charge in [0.2, 0.25) is 15.9 Å². The molecule has 3 aliphatic carbocycles. The molecule has 0 saturated heterocycles. The average molecular weight is 652 g/mol. The van der Waals surface area contributed by atoms with Gasteiger partial charge in [0, 0.05) is 36.8 Å². The molecule has 1 aliphatic heterocycles. The number of benzene rings is 1. The van der Waals surface area contributed by atoms with E-state index in [4.69, 9.17) is 11.6 Å². The summed E-state index contributed by atoms with van der Waals surface area (Å²) in [7, 11) is -4.27. The van der Waals surface area contributed by atoms with Gasteiger partial charge in [-0.3, -0.25) is 9.79 Å². The summed E-state index contributed by atoms with van der Waals surface area (Å²) < 4.78 is 133. The van der Waals surface area contributed by atoms with Gasteiger partial charge in [0.15, 0.2) is 5.78 Å². The summed E-state index contributed by atoms with van der Waals surface area (Å²) in [6.07, 6.45) is -8.92. The van der Waals surface area contributed by atoms with Crippen molar-refractivity contribution >= 4 is 33.2 Å². The topological polar surface area (TPSA) is 78.8 Å². The summed E-state index contributed by atoms with van der Waals surface area (Å²) in [5.41, 5.74) is -2.58. The molecule has 1 heterocycles. The fourth-order valence-corrected chi connectivity index (χ4v) is 8.12. The van der Waals surface area contributed by atoms with E-state index >= 15 is 0 Å². The van der Waals surface area contributed by atoms with Crippen LogP contribution >= 0.6 is 11.6 Å². The Bertz CT molecular complexity index is 1370. The molecule has 6 nitrogen and oxygen atoms in total. The number of nitrogens with zero attached hydrogens (tertiary/aromatic N) is 2. The lowest BCUT2D eigenvalue weighted by Crippen LogP contribution is -2.78. The smallest absolute Gasteiger partial charge is 0.366 e. The maximum Gasteiger partial charge on any atom is 0.453 e. The molecule has 3 fully saturated rings. The van der Waals surface area contributed by atoms with Gasteiger partial charge in [-0.15, -0.1) is 0 Å². The van der Waals surface area contributed by atoms with Gasteiger partial charge < -0.3 is 5.32 Å². The lowest BCUT2D eigenvalue weighted by molar-refractivity contribution is -0.284. The van der Waals surface area contributed by atoms with Crippen LogP contribution in [0.3, 0.4) is 0 Å². The first-order valence-electron chi connectivity index (χ1n) is 13.1. The monoisotopic (exact) mass is 651 g/mol. The standard InChI is InChI=1S/C26H30ClF8N3O3S/c1-21(2)19(18(39)6-7-25(31,32)26(33,34)35)36-20(37-21)23-12-24(13-23,14-23)38(42(40,41)9-8-22(3,29)30)11-15-4-5-16(27)17(28)10-15/h4-5,10,19H,6-9,11-14H2,1-3H3,(H,36,37)/t19-,23?,24?/m0/s1. The van der Waals surface area contributed by atoms with Crippen molar-refractivity contribution in [3.05, 3.63) is 34.6 Å². The van der Waals surface area contributed by atoms with Crippen LogP contribution in [0, 0.1) is 11.2 Å². The molecule has 1 atom stereocenters. The second-order valence-corrected chi connectivity index (χ2v) is 14.7. The number of hydrogen-bond acceptors (Lipinski definition) is 5. The zero-order valence-corrected chi connectivity index (χ0v) is 24.5. The average Bonchev–Trinajstić information content (AvgIpc) is 3.10. The molecule has 42 heavy (non-hydrogen) atoms. The summed E-state index contributed by atoms with van der Waals surface area (Å²) in [5, 5.41) is 2.88. The van der Waals surface area contributed by atoms with Crippen LogP contribution in [0.15, 0.2) is 23.2 Å². The van der Waals surface area contributed by atoms with Crippen LogP contribution in [0.5, 0.6) is 0 Å². The molecule has 0 aromatic heterocycles. The SMILES string of the molecule is CC(F)(F)CCS(=O)(=O)N(Cc1ccc(Cl)c(F)c1)C12CC(C3=N[C@@H](C(=O)CCC(F)(F)C(F)(F)F)C(C)(C)N3)(C1)C2. The Morgan fingerprint density at radius 2 is 1.69 bits per heavy atom. The predicted molar refractivity (Wildman–Crippen MR) is 139 cm³/mol. The van der Waals surface area contributed by atoms with Gasteiger partial charge in [-0.05, 0) is 57.7 Å². The molecule has 0 amide bonds. The number of rotatable bonds is 12. The Labute approximate surface area is 242 Å². The number of nitrogens with one attached hydrogen (secondary N) is 1. The van der Waals surface area contributed by atoms with E-state index in [-0.39, 0.29) is 36.4 Å². The number of amidine groups is 1. The van der Waals surface area contributed by atoms with E-state index in [1.807, 2.05) is 0 Å². The number of alkyl halides is 7. The summed E-state index contributed by atoms with van der Waals surface area (Å²) >= 11 is 5.73. The molecule has 0 spiro atoms. The lowest BCUT2D eigenvalue weighted by atomic mass is 9.38. The van der Waals surface area contributed by atoms with E-state index in [1.54, 1.807) is 13.8 Å². The number of sulfonamides is 1. The predicted octanol–water partition coefficient (Wildman–Crippen LogP) is 6.27. The highest BCUT2D eigenvalue weighted by molar-refractivity contribution is 7.89. The highest BCUT2D eigenvalue weighted by Crippen LogP contribution is 2.71. The third kappa shape index (κ3) is 6.15. The Balaban J connectivity index is 1.52. The van der Waals surface area contributed by atoms with Crippen molar-refractivity contribution in [2.24, 2.45) is 10.4 Å². The van der Waals surface area contributed by atoms with Crippen LogP contribution in [0.1, 0.15) is 64.9 Å². The molecule has 5 rings (SSSR count). The van der Waals surface area contributed by atoms with Crippen molar-refractivity contribution in [1.82, 2.24) is 9.62 Å². The normalized spacial score (nSPS) is 27.3. The van der Waals surface area contributed by atoms with Crippen LogP contribution in [0.2, 0.25) is 5.02 Å². The number of Topliss-reactive ketones (excluding diaryl/α,β-unsaturated/α-hetero) is 1. The molecule has 1 aromatic carbocycles. The molecule has 236 valence electrons. The number of hydrogen-bond donors (Lipinski definition) is 1. The Hall–Kier alpha value is -2.00. The number of aliphatic imine (C=N–C) groups is 1. The van der Waals surface area contributed by atoms with E-state index in [1.165, 1.54) is 12.1 Å². The highest BCUT2D eigenvalue weighted by Gasteiger charge is 2.75. The van der Waals surface area contributed by atoms with E-state index in [2.05, 4.69) is 10.3 Å². The Kier molecular flexibility index (Phi) is 8.06. The van der Waals surface area contributed by atoms with Gasteiger partial charge in [-0.25, -0.2) is 21.6 Å². The molecular formula is C26H30ClF8N3O3S. The first-order valence-corrected chi connectivity index (χ1v) is 15.1. The van der Waals surface area contributed by atoms with E-state index in [9.17, 15) is 48.3 Å². The van der Waals surface area contributed by atoms with Gasteiger partial charge in [0.25, 0.3) is 0 Å². The third-order valence-electron chi connectivity index (χ3n) is 8.27. The highest BCUT2D eigenvalue weighted by atomic mass is 35.5. The van der Waals surface area contributed by atoms with Crippen molar-refractivity contribution in [1.29, 1.82) is 0 Å². The minimum Gasteiger partial charge on any atom is -0.366 e. The molecule has 4 aliphatic rings. The van der Waals surface area contributed by atoms with Gasteiger partial charge in [-0.1, -0.05) is 17.7 Å². The van der Waals surface area contributed by atoms with Gasteiger partial charge in [-0.2, -0.15) is 26.3 Å². The Morgan fingerprint density at radius 1 is 1.10 bits per heavy atom. The van der Waals surface area contributed by atoms with E-state index in [0.29, 0.717) is 12.8 Å². The first-order chi connectivity index (χ1) is 18.9. The zero-order chi connectivity index (χ0) is 31.7. The van der Waals surface area contributed by atoms with E-state index < -0.39 is 87.2 Å². The number of ketones is 1.